The molecule has 3 heterocycles. The van der Waals surface area contributed by atoms with E-state index in [1.165, 1.54) is 5.56 Å². The van der Waals surface area contributed by atoms with Gasteiger partial charge in [-0.15, -0.1) is 41.9 Å². The van der Waals surface area contributed by atoms with Crippen molar-refractivity contribution in [3.63, 3.8) is 0 Å². The van der Waals surface area contributed by atoms with Crippen molar-refractivity contribution in [3.05, 3.63) is 171 Å². The third kappa shape index (κ3) is 7.07. The molecule has 0 saturated carbocycles. The normalized spacial score (nSPS) is 14.1. The molecule has 6 aromatic carbocycles. The Balaban J connectivity index is 0.000000167. The summed E-state index contributed by atoms with van der Waals surface area (Å²) in [5, 5.41) is 20.2. The molecule has 0 unspecified atom stereocenters. The van der Waals surface area contributed by atoms with Crippen molar-refractivity contribution in [2.75, 3.05) is 43.5 Å². The second-order valence-electron chi connectivity index (χ2n) is 14.5. The monoisotopic (exact) mass is 899 g/mol. The van der Waals surface area contributed by atoms with E-state index in [9.17, 15) is 10.4 Å². The maximum Gasteiger partial charge on any atom is 0.136 e. The Kier molecular flexibility index (Phi) is 10.2. The molecule has 0 fully saturated rings. The Labute approximate surface area is 338 Å². The number of anilines is 10. The Bertz CT molecular complexity index is 2290. The molecule has 6 aromatic rings. The first-order chi connectivity index (χ1) is 26.1. The van der Waals surface area contributed by atoms with Crippen molar-refractivity contribution in [1.29, 1.82) is 5.26 Å². The van der Waals surface area contributed by atoms with Gasteiger partial charge in [-0.3, -0.25) is 0 Å². The van der Waals surface area contributed by atoms with Crippen LogP contribution in [0.5, 0.6) is 5.75 Å². The number of benzene rings is 6. The minimum absolute atomic E-state index is 0. The van der Waals surface area contributed by atoms with Gasteiger partial charge >= 0.3 is 0 Å². The van der Waals surface area contributed by atoms with Gasteiger partial charge in [-0.1, -0.05) is 68.8 Å². The molecule has 9 heteroatoms. The van der Waals surface area contributed by atoms with Crippen LogP contribution in [0.4, 0.5) is 56.9 Å². The van der Waals surface area contributed by atoms with E-state index < -0.39 is 0 Å². The largest absolute Gasteiger partial charge is 0.506 e. The van der Waals surface area contributed by atoms with E-state index in [2.05, 4.69) is 106 Å². The second-order valence-corrected chi connectivity index (χ2v) is 14.5. The van der Waals surface area contributed by atoms with Crippen LogP contribution in [0.1, 0.15) is 31.9 Å². The molecule has 279 valence electrons. The number of hydrogen-bond acceptors (Lipinski definition) is 8. The van der Waals surface area contributed by atoms with Gasteiger partial charge in [-0.25, -0.2) is 0 Å². The van der Waals surface area contributed by atoms with Crippen LogP contribution in [0.15, 0.2) is 127 Å². The molecule has 0 bridgehead atoms. The molecule has 8 nitrogen and oxygen atoms in total. The van der Waals surface area contributed by atoms with Crippen molar-refractivity contribution in [1.82, 2.24) is 0 Å². The number of nitrogens with zero attached hydrogens (tertiary/aromatic N) is 7. The smallest absolute Gasteiger partial charge is 0.136 e. The molecule has 0 aromatic heterocycles. The molecule has 3 aliphatic rings. The van der Waals surface area contributed by atoms with Crippen LogP contribution in [0.2, 0.25) is 0 Å². The fourth-order valence-electron chi connectivity index (χ4n) is 6.99. The first-order valence-electron chi connectivity index (χ1n) is 17.8. The van der Waals surface area contributed by atoms with Crippen LogP contribution in [-0.4, -0.2) is 19.2 Å². The van der Waals surface area contributed by atoms with Crippen LogP contribution < -0.4 is 29.4 Å². The minimum atomic E-state index is 0. The first kappa shape index (κ1) is 37.4. The van der Waals surface area contributed by atoms with Gasteiger partial charge in [0.1, 0.15) is 5.75 Å². The summed E-state index contributed by atoms with van der Waals surface area (Å²) < 4.78 is 0. The Morgan fingerprint density at radius 3 is 1.53 bits per heavy atom. The first-order valence-corrected chi connectivity index (χ1v) is 17.8. The predicted molar refractivity (Wildman–Crippen MR) is 220 cm³/mol. The molecule has 0 spiro atoms. The van der Waals surface area contributed by atoms with Crippen molar-refractivity contribution >= 4 is 56.9 Å². The zero-order valence-corrected chi connectivity index (χ0v) is 33.7. The zero-order chi connectivity index (χ0) is 37.6. The van der Waals surface area contributed by atoms with Crippen molar-refractivity contribution < 1.29 is 25.2 Å². The van der Waals surface area contributed by atoms with Gasteiger partial charge in [0.15, 0.2) is 0 Å². The van der Waals surface area contributed by atoms with E-state index in [1.54, 1.807) is 6.07 Å². The maximum absolute atomic E-state index is 10.6. The van der Waals surface area contributed by atoms with Gasteiger partial charge in [0, 0.05) is 54.2 Å². The third-order valence-electron chi connectivity index (χ3n) is 9.79. The SMILES string of the molecule is CC(C)(C)c1ccc(O)c(N2[CH-]N(c3[c-]cccc3)c3ccccc32)c1.CN1[CH-]N(c2[c-]c(N3[CH-]N(C)c4ccccc43)cc(C#N)c2)c2ccccc21.[Ir]. The van der Waals surface area contributed by atoms with Gasteiger partial charge in [0.2, 0.25) is 0 Å². The van der Waals surface area contributed by atoms with E-state index >= 15 is 0 Å². The molecule has 9 rings (SSSR count). The van der Waals surface area contributed by atoms with Gasteiger partial charge in [0.25, 0.3) is 0 Å². The third-order valence-corrected chi connectivity index (χ3v) is 9.79. The average molecular weight is 899 g/mol. The van der Waals surface area contributed by atoms with Crippen LogP contribution in [-0.2, 0) is 25.5 Å². The number of fused-ring (bicyclic) bond motifs is 3. The maximum atomic E-state index is 10.6. The molecule has 55 heavy (non-hydrogen) atoms. The number of para-hydroxylation sites is 7. The molecule has 0 amide bonds. The molecule has 1 N–H and O–H groups in total. The fraction of sp³-hybridized carbons (Fsp3) is 0.130. The molecule has 0 aliphatic carbocycles. The molecular formula is C46H40IrN7O-5. The summed E-state index contributed by atoms with van der Waals surface area (Å²) in [6.45, 7) is 12.6. The fourth-order valence-corrected chi connectivity index (χ4v) is 6.99. The summed E-state index contributed by atoms with van der Waals surface area (Å²) in [6.07, 6.45) is 0. The van der Waals surface area contributed by atoms with Crippen LogP contribution in [0.3, 0.4) is 0 Å². The van der Waals surface area contributed by atoms with E-state index in [1.807, 2.05) is 118 Å². The van der Waals surface area contributed by atoms with Gasteiger partial charge < -0.3 is 34.5 Å². The molecule has 0 atom stereocenters. The van der Waals surface area contributed by atoms with Crippen LogP contribution in [0.25, 0.3) is 0 Å². The number of nitriles is 1. The van der Waals surface area contributed by atoms with Gasteiger partial charge in [-0.2, -0.15) is 48.9 Å². The summed E-state index contributed by atoms with van der Waals surface area (Å²) >= 11 is 0. The van der Waals surface area contributed by atoms with Crippen molar-refractivity contribution in [3.8, 4) is 11.8 Å². The molecular weight excluding hydrogens is 859 g/mol. The summed E-state index contributed by atoms with van der Waals surface area (Å²) in [6, 6.07) is 51.2. The van der Waals surface area contributed by atoms with E-state index in [0.717, 1.165) is 56.9 Å². The summed E-state index contributed by atoms with van der Waals surface area (Å²) in [4.78, 5) is 12.4. The van der Waals surface area contributed by atoms with E-state index in [0.29, 0.717) is 5.56 Å². The summed E-state index contributed by atoms with van der Waals surface area (Å²) in [7, 11) is 4.04. The second kappa shape index (κ2) is 15.1. The summed E-state index contributed by atoms with van der Waals surface area (Å²) in [5.41, 5.74) is 11.7. The predicted octanol–water partition coefficient (Wildman–Crippen LogP) is 10.7. The topological polar surface area (TPSA) is 63.5 Å². The molecule has 3 aliphatic heterocycles. The number of phenolic OH excluding ortho intramolecular Hbond substituents is 1. The summed E-state index contributed by atoms with van der Waals surface area (Å²) in [5.74, 6) is 0.267. The quantitative estimate of drug-likeness (QED) is 0.176. The van der Waals surface area contributed by atoms with Gasteiger partial charge in [0.05, 0.1) is 11.8 Å². The van der Waals surface area contributed by atoms with E-state index in [4.69, 9.17) is 0 Å². The van der Waals surface area contributed by atoms with Crippen molar-refractivity contribution in [2.45, 2.75) is 26.2 Å². The Morgan fingerprint density at radius 2 is 1.04 bits per heavy atom. The number of phenols is 1. The number of hydrogen-bond donors (Lipinski definition) is 1. The Morgan fingerprint density at radius 1 is 0.564 bits per heavy atom. The van der Waals surface area contributed by atoms with E-state index in [-0.39, 0.29) is 31.3 Å². The standard InChI is InChI=1S/C23H18N5.C23H22N2O.Ir/c1-25-15-27(22-9-5-3-7-20(22)25)18-11-17(14-24)12-19(13-18)28-16-26(2)21-8-4-6-10-23(21)28;1-23(2,3)17-13-14-22(26)21(15-17)25-16-24(18-9-5-4-6-10-18)19-11-7-8-12-20(19)25;/h3-12,15-16H,1-2H3;4-9,11-16,26H,1-3H3;/q-3;-2;. The molecule has 0 saturated heterocycles. The average Bonchev–Trinajstić information content (AvgIpc) is 3.86. The Hall–Kier alpha value is -5.94. The van der Waals surface area contributed by atoms with Crippen LogP contribution in [0, 0.1) is 43.5 Å². The zero-order valence-electron chi connectivity index (χ0n) is 31.3. The number of aromatic hydroxyl groups is 1. The van der Waals surface area contributed by atoms with Crippen molar-refractivity contribution in [2.24, 2.45) is 0 Å². The molecule has 1 radical (unpaired) electrons. The van der Waals surface area contributed by atoms with Gasteiger partial charge in [-0.05, 0) is 73.6 Å². The number of rotatable bonds is 4. The van der Waals surface area contributed by atoms with Crippen LogP contribution >= 0.6 is 0 Å². The minimum Gasteiger partial charge on any atom is -0.506 e.